The average molecular weight is 439 g/mol. The number of ether oxygens (including phenoxy) is 2. The van der Waals surface area contributed by atoms with Gasteiger partial charge in [-0.25, -0.2) is 19.5 Å². The number of nitrogens with one attached hydrogen (secondary N) is 1. The summed E-state index contributed by atoms with van der Waals surface area (Å²) in [5, 5.41) is 8.16. The smallest absolute Gasteiger partial charge is 0.213 e. The summed E-state index contributed by atoms with van der Waals surface area (Å²) in [7, 11) is 3.18. The van der Waals surface area contributed by atoms with Gasteiger partial charge in [0.2, 0.25) is 11.8 Å². The van der Waals surface area contributed by atoms with E-state index < -0.39 is 0 Å². The largest absolute Gasteiger partial charge is 0.481 e. The lowest BCUT2D eigenvalue weighted by Crippen LogP contribution is -2.08. The van der Waals surface area contributed by atoms with Crippen molar-refractivity contribution in [2.24, 2.45) is 0 Å². The summed E-state index contributed by atoms with van der Waals surface area (Å²) in [6.07, 6.45) is 7.09. The Morgan fingerprint density at radius 3 is 2.55 bits per heavy atom. The Hall–Kier alpha value is -4.53. The lowest BCUT2D eigenvalue weighted by atomic mass is 10.1. The summed E-state index contributed by atoms with van der Waals surface area (Å²) in [4.78, 5) is 17.7. The van der Waals surface area contributed by atoms with Crippen LogP contribution in [0.3, 0.4) is 0 Å². The van der Waals surface area contributed by atoms with Crippen LogP contribution in [0.1, 0.15) is 5.69 Å². The molecule has 0 aliphatic carbocycles. The topological polar surface area (TPSA) is 99.3 Å². The van der Waals surface area contributed by atoms with E-state index in [1.165, 1.54) is 0 Å². The summed E-state index contributed by atoms with van der Waals surface area (Å²) in [6, 6.07) is 15.3. The highest BCUT2D eigenvalue weighted by Gasteiger charge is 2.16. The molecule has 5 aromatic heterocycles. The molecule has 0 radical (unpaired) electrons. The van der Waals surface area contributed by atoms with Crippen LogP contribution in [0, 0.1) is 0 Å². The Balaban J connectivity index is 1.62. The van der Waals surface area contributed by atoms with E-state index in [0.29, 0.717) is 29.9 Å². The molecule has 0 aromatic carbocycles. The van der Waals surface area contributed by atoms with Crippen LogP contribution in [0.4, 0.5) is 5.82 Å². The van der Waals surface area contributed by atoms with E-state index in [4.69, 9.17) is 19.6 Å². The van der Waals surface area contributed by atoms with Gasteiger partial charge in [-0.3, -0.25) is 4.98 Å². The van der Waals surface area contributed by atoms with Crippen molar-refractivity contribution in [2.75, 3.05) is 19.5 Å². The molecule has 0 bridgehead atoms. The normalized spacial score (nSPS) is 10.8. The van der Waals surface area contributed by atoms with Gasteiger partial charge >= 0.3 is 0 Å². The molecule has 0 aliphatic rings. The third-order valence-corrected chi connectivity index (χ3v) is 5.13. The summed E-state index contributed by atoms with van der Waals surface area (Å²) in [5.41, 5.74) is 4.43. The summed E-state index contributed by atoms with van der Waals surface area (Å²) < 4.78 is 12.3. The summed E-state index contributed by atoms with van der Waals surface area (Å²) in [6.45, 7) is 0.512. The van der Waals surface area contributed by atoms with Gasteiger partial charge in [0.1, 0.15) is 5.52 Å². The highest BCUT2D eigenvalue weighted by molar-refractivity contribution is 5.89. The van der Waals surface area contributed by atoms with Crippen LogP contribution in [-0.4, -0.2) is 43.8 Å². The number of methoxy groups -OCH3 is 2. The van der Waals surface area contributed by atoms with Gasteiger partial charge in [0.05, 0.1) is 26.5 Å². The van der Waals surface area contributed by atoms with Crippen LogP contribution in [0.2, 0.25) is 0 Å². The molecule has 0 saturated heterocycles. The van der Waals surface area contributed by atoms with E-state index in [0.717, 1.165) is 27.9 Å². The average Bonchev–Trinajstić information content (AvgIpc) is 3.32. The first-order valence-electron chi connectivity index (χ1n) is 10.3. The molecular formula is C24H21N7O2. The number of fused-ring (bicyclic) bond motifs is 1. The van der Waals surface area contributed by atoms with Crippen LogP contribution >= 0.6 is 0 Å². The Morgan fingerprint density at radius 2 is 1.79 bits per heavy atom. The maximum atomic E-state index is 5.31. The molecule has 9 nitrogen and oxygen atoms in total. The highest BCUT2D eigenvalue weighted by atomic mass is 16.5. The van der Waals surface area contributed by atoms with E-state index in [1.54, 1.807) is 38.9 Å². The zero-order chi connectivity index (χ0) is 22.6. The number of hydrogen-bond donors (Lipinski definition) is 1. The van der Waals surface area contributed by atoms with E-state index in [1.807, 2.05) is 53.2 Å². The van der Waals surface area contributed by atoms with Crippen molar-refractivity contribution in [3.8, 4) is 34.3 Å². The standard InChI is InChI=1S/C24H21N7O2/c1-32-20-7-6-17(14-27-20)23-29-24(28-15-18-5-3-4-10-25-18)22-19(9-12-31(22)30-23)16-8-11-26-21(13-16)33-2/h3-14H,15H2,1-2H3,(H,28,29,30). The molecular weight excluding hydrogens is 418 g/mol. The molecule has 5 aromatic rings. The fourth-order valence-electron chi connectivity index (χ4n) is 3.50. The highest BCUT2D eigenvalue weighted by Crippen LogP contribution is 2.32. The van der Waals surface area contributed by atoms with Crippen LogP contribution < -0.4 is 14.8 Å². The van der Waals surface area contributed by atoms with E-state index in [-0.39, 0.29) is 0 Å². The number of anilines is 1. The van der Waals surface area contributed by atoms with E-state index in [9.17, 15) is 0 Å². The number of nitrogens with zero attached hydrogens (tertiary/aromatic N) is 6. The van der Waals surface area contributed by atoms with Gasteiger partial charge in [-0.15, -0.1) is 5.10 Å². The molecule has 0 amide bonds. The second-order valence-electron chi connectivity index (χ2n) is 7.16. The van der Waals surface area contributed by atoms with Crippen molar-refractivity contribution < 1.29 is 9.47 Å². The van der Waals surface area contributed by atoms with Gasteiger partial charge in [0.25, 0.3) is 0 Å². The van der Waals surface area contributed by atoms with Crippen molar-refractivity contribution in [2.45, 2.75) is 6.54 Å². The van der Waals surface area contributed by atoms with Crippen molar-refractivity contribution in [3.63, 3.8) is 0 Å². The maximum absolute atomic E-state index is 5.31. The first-order chi connectivity index (χ1) is 16.2. The van der Waals surface area contributed by atoms with E-state index in [2.05, 4.69) is 20.3 Å². The van der Waals surface area contributed by atoms with Crippen molar-refractivity contribution in [1.82, 2.24) is 29.5 Å². The Morgan fingerprint density at radius 1 is 0.879 bits per heavy atom. The zero-order valence-electron chi connectivity index (χ0n) is 18.1. The SMILES string of the molecule is COc1ccc(-c2nc(NCc3ccccn3)c3c(-c4ccnc(OC)c4)ccn3n2)cn1. The molecule has 5 rings (SSSR count). The minimum absolute atomic E-state index is 0.512. The summed E-state index contributed by atoms with van der Waals surface area (Å²) >= 11 is 0. The molecule has 0 atom stereocenters. The van der Waals surface area contributed by atoms with Gasteiger partial charge < -0.3 is 14.8 Å². The number of aromatic nitrogens is 6. The first-order valence-corrected chi connectivity index (χ1v) is 10.3. The molecule has 1 N–H and O–H groups in total. The van der Waals surface area contributed by atoms with Gasteiger partial charge in [-0.2, -0.15) is 0 Å². The van der Waals surface area contributed by atoms with Crippen LogP contribution in [-0.2, 0) is 6.54 Å². The van der Waals surface area contributed by atoms with Gasteiger partial charge in [0.15, 0.2) is 11.6 Å². The fourth-order valence-corrected chi connectivity index (χ4v) is 3.50. The monoisotopic (exact) mass is 439 g/mol. The third kappa shape index (κ3) is 4.16. The van der Waals surface area contributed by atoms with Crippen LogP contribution in [0.25, 0.3) is 28.0 Å². The van der Waals surface area contributed by atoms with E-state index >= 15 is 0 Å². The minimum atomic E-state index is 0.512. The molecule has 164 valence electrons. The first kappa shape index (κ1) is 20.4. The predicted octanol–water partition coefficient (Wildman–Crippen LogP) is 3.88. The van der Waals surface area contributed by atoms with Crippen LogP contribution in [0.5, 0.6) is 11.8 Å². The van der Waals surface area contributed by atoms with Gasteiger partial charge in [-0.05, 0) is 35.9 Å². The van der Waals surface area contributed by atoms with Crippen molar-refractivity contribution in [3.05, 3.63) is 79.0 Å². The maximum Gasteiger partial charge on any atom is 0.213 e. The fraction of sp³-hybridized carbons (Fsp3) is 0.125. The minimum Gasteiger partial charge on any atom is -0.481 e. The third-order valence-electron chi connectivity index (χ3n) is 5.13. The second-order valence-corrected chi connectivity index (χ2v) is 7.16. The zero-order valence-corrected chi connectivity index (χ0v) is 18.1. The van der Waals surface area contributed by atoms with Crippen LogP contribution in [0.15, 0.2) is 73.3 Å². The molecule has 0 fully saturated rings. The quantitative estimate of drug-likeness (QED) is 0.408. The Kier molecular flexibility index (Phi) is 5.50. The Bertz CT molecular complexity index is 1390. The molecule has 0 spiro atoms. The molecule has 0 aliphatic heterocycles. The molecule has 5 heterocycles. The molecule has 0 saturated carbocycles. The summed E-state index contributed by atoms with van der Waals surface area (Å²) in [5.74, 6) is 2.28. The number of pyridine rings is 3. The lowest BCUT2D eigenvalue weighted by Gasteiger charge is -2.12. The van der Waals surface area contributed by atoms with Gasteiger partial charge in [-0.1, -0.05) is 6.07 Å². The van der Waals surface area contributed by atoms with Crippen molar-refractivity contribution >= 4 is 11.3 Å². The van der Waals surface area contributed by atoms with Gasteiger partial charge in [0, 0.05) is 48.0 Å². The Labute approximate surface area is 190 Å². The predicted molar refractivity (Wildman–Crippen MR) is 124 cm³/mol. The second kappa shape index (κ2) is 8.91. The number of hydrogen-bond acceptors (Lipinski definition) is 8. The molecule has 0 unspecified atom stereocenters. The molecule has 33 heavy (non-hydrogen) atoms. The molecule has 9 heteroatoms. The lowest BCUT2D eigenvalue weighted by molar-refractivity contribution is 0.398. The van der Waals surface area contributed by atoms with Crippen molar-refractivity contribution in [1.29, 1.82) is 0 Å². The number of rotatable bonds is 7.